The summed E-state index contributed by atoms with van der Waals surface area (Å²) < 4.78 is 11.2. The number of nitrogens with one attached hydrogen (secondary N) is 1. The van der Waals surface area contributed by atoms with Crippen LogP contribution in [0.15, 0.2) is 33.7 Å². The molecule has 0 saturated heterocycles. The van der Waals surface area contributed by atoms with Gasteiger partial charge in [0.15, 0.2) is 5.76 Å². The molecule has 0 spiro atoms. The zero-order chi connectivity index (χ0) is 19.4. The first-order valence-electron chi connectivity index (χ1n) is 8.28. The van der Waals surface area contributed by atoms with Crippen LogP contribution in [0.5, 0.6) is 0 Å². The minimum Gasteiger partial charge on any atom is -0.459 e. The quantitative estimate of drug-likeness (QED) is 0.607. The lowest BCUT2D eigenvalue weighted by atomic mass is 10.1. The van der Waals surface area contributed by atoms with E-state index in [1.54, 1.807) is 6.07 Å². The summed E-state index contributed by atoms with van der Waals surface area (Å²) in [5, 5.41) is 7.46. The molecule has 0 unspecified atom stereocenters. The van der Waals surface area contributed by atoms with Crippen LogP contribution < -0.4 is 10.9 Å². The molecular formula is C17H18N4O5S. The third kappa shape index (κ3) is 4.79. The van der Waals surface area contributed by atoms with E-state index >= 15 is 0 Å². The Morgan fingerprint density at radius 2 is 2.22 bits per heavy atom. The zero-order valence-corrected chi connectivity index (χ0v) is 15.6. The van der Waals surface area contributed by atoms with Gasteiger partial charge in [0.05, 0.1) is 12.0 Å². The Hall–Kier alpha value is -3.01. The first-order valence-corrected chi connectivity index (χ1v) is 9.10. The van der Waals surface area contributed by atoms with Gasteiger partial charge in [0, 0.05) is 12.5 Å². The molecule has 27 heavy (non-hydrogen) atoms. The van der Waals surface area contributed by atoms with Gasteiger partial charge in [-0.3, -0.25) is 14.4 Å². The van der Waals surface area contributed by atoms with Crippen molar-refractivity contribution in [2.75, 3.05) is 6.54 Å². The second-order valence-corrected chi connectivity index (χ2v) is 7.24. The summed E-state index contributed by atoms with van der Waals surface area (Å²) in [7, 11) is 0. The molecule has 3 rings (SSSR count). The third-order valence-electron chi connectivity index (χ3n) is 3.44. The normalized spacial score (nSPS) is 11.1. The number of hydrogen-bond acceptors (Lipinski definition) is 8. The van der Waals surface area contributed by atoms with Crippen LogP contribution >= 0.6 is 11.3 Å². The maximum Gasteiger partial charge on any atom is 0.325 e. The highest BCUT2D eigenvalue weighted by molar-refractivity contribution is 7.16. The Kier molecular flexibility index (Phi) is 5.65. The second-order valence-electron chi connectivity index (χ2n) is 6.19. The molecule has 0 radical (unpaired) electrons. The van der Waals surface area contributed by atoms with Crippen LogP contribution in [-0.4, -0.2) is 33.0 Å². The van der Waals surface area contributed by atoms with E-state index in [1.807, 2.05) is 0 Å². The summed E-state index contributed by atoms with van der Waals surface area (Å²) in [4.78, 5) is 40.4. The minimum absolute atomic E-state index is 0.102. The predicted molar refractivity (Wildman–Crippen MR) is 96.5 cm³/mol. The summed E-state index contributed by atoms with van der Waals surface area (Å²) in [6, 6.07) is 4.33. The number of carbonyl (C=O) groups is 2. The number of fused-ring (bicyclic) bond motifs is 1. The van der Waals surface area contributed by atoms with E-state index in [4.69, 9.17) is 9.15 Å². The van der Waals surface area contributed by atoms with Crippen molar-refractivity contribution in [1.29, 1.82) is 0 Å². The Balaban J connectivity index is 1.58. The Bertz CT molecular complexity index is 1010. The number of rotatable bonds is 7. The van der Waals surface area contributed by atoms with Crippen LogP contribution in [0.4, 0.5) is 0 Å². The van der Waals surface area contributed by atoms with E-state index in [1.165, 1.54) is 34.2 Å². The molecule has 0 aliphatic heterocycles. The second kappa shape index (κ2) is 8.12. The molecule has 0 fully saturated rings. The molecule has 3 aromatic heterocycles. The molecular weight excluding hydrogens is 372 g/mol. The zero-order valence-electron chi connectivity index (χ0n) is 14.8. The maximum absolute atomic E-state index is 12.1. The van der Waals surface area contributed by atoms with Gasteiger partial charge in [0.2, 0.25) is 4.96 Å². The number of hydrogen-bond donors (Lipinski definition) is 1. The average Bonchev–Trinajstić information content (AvgIpc) is 3.27. The van der Waals surface area contributed by atoms with Crippen molar-refractivity contribution in [2.45, 2.75) is 26.9 Å². The van der Waals surface area contributed by atoms with Crippen molar-refractivity contribution in [3.05, 3.63) is 51.3 Å². The van der Waals surface area contributed by atoms with Gasteiger partial charge in [-0.05, 0) is 18.1 Å². The summed E-state index contributed by atoms with van der Waals surface area (Å²) >= 11 is 1.33. The first-order chi connectivity index (χ1) is 12.9. The van der Waals surface area contributed by atoms with Crippen molar-refractivity contribution in [3.63, 3.8) is 0 Å². The number of amides is 1. The molecule has 0 atom stereocenters. The van der Waals surface area contributed by atoms with Gasteiger partial charge in [-0.2, -0.15) is 9.61 Å². The summed E-state index contributed by atoms with van der Waals surface area (Å²) in [5.74, 6) is -0.651. The third-order valence-corrected chi connectivity index (χ3v) is 4.37. The Morgan fingerprint density at radius 1 is 1.41 bits per heavy atom. The molecule has 1 amide bonds. The minimum atomic E-state index is -0.651. The molecule has 0 saturated carbocycles. The highest BCUT2D eigenvalue weighted by atomic mass is 32.1. The molecule has 1 N–H and O–H groups in total. The van der Waals surface area contributed by atoms with Crippen LogP contribution in [0.25, 0.3) is 4.96 Å². The highest BCUT2D eigenvalue weighted by Gasteiger charge is 2.13. The van der Waals surface area contributed by atoms with Crippen LogP contribution in [0.1, 0.15) is 35.1 Å². The molecule has 0 aromatic carbocycles. The largest absolute Gasteiger partial charge is 0.459 e. The van der Waals surface area contributed by atoms with Crippen molar-refractivity contribution in [3.8, 4) is 0 Å². The van der Waals surface area contributed by atoms with Gasteiger partial charge in [-0.25, -0.2) is 4.98 Å². The standard InChI is InChI=1S/C17H18N4O5S/c1-10(2)6-13-20-21-14(22)7-11(19-17(21)27-13)9-26-15(23)8-18-16(24)12-4-3-5-25-12/h3-5,7,10H,6,8-9H2,1-2H3,(H,18,24). The Morgan fingerprint density at radius 3 is 2.93 bits per heavy atom. The molecule has 9 nitrogen and oxygen atoms in total. The lowest BCUT2D eigenvalue weighted by Crippen LogP contribution is -2.30. The van der Waals surface area contributed by atoms with Gasteiger partial charge < -0.3 is 14.5 Å². The van der Waals surface area contributed by atoms with E-state index in [2.05, 4.69) is 29.2 Å². The number of esters is 1. The topological polar surface area (TPSA) is 116 Å². The maximum atomic E-state index is 12.1. The fourth-order valence-electron chi connectivity index (χ4n) is 2.25. The monoisotopic (exact) mass is 390 g/mol. The molecule has 10 heteroatoms. The van der Waals surface area contributed by atoms with E-state index in [9.17, 15) is 14.4 Å². The van der Waals surface area contributed by atoms with Gasteiger partial charge in [0.1, 0.15) is 18.2 Å². The summed E-state index contributed by atoms with van der Waals surface area (Å²) in [6.07, 6.45) is 2.12. The molecule has 142 valence electrons. The molecule has 3 heterocycles. The van der Waals surface area contributed by atoms with Crippen molar-refractivity contribution in [1.82, 2.24) is 19.9 Å². The van der Waals surface area contributed by atoms with Crippen LogP contribution in [-0.2, 0) is 22.6 Å². The van der Waals surface area contributed by atoms with Gasteiger partial charge in [-0.1, -0.05) is 25.2 Å². The fraction of sp³-hybridized carbons (Fsp3) is 0.353. The van der Waals surface area contributed by atoms with Crippen LogP contribution in [0.3, 0.4) is 0 Å². The van der Waals surface area contributed by atoms with E-state index < -0.39 is 11.9 Å². The number of aromatic nitrogens is 3. The van der Waals surface area contributed by atoms with E-state index in [0.717, 1.165) is 11.4 Å². The average molecular weight is 390 g/mol. The van der Waals surface area contributed by atoms with Crippen molar-refractivity contribution >= 4 is 28.2 Å². The lowest BCUT2D eigenvalue weighted by Gasteiger charge is -2.05. The molecule has 0 aliphatic carbocycles. The van der Waals surface area contributed by atoms with E-state index in [-0.39, 0.29) is 24.5 Å². The number of carbonyl (C=O) groups excluding carboxylic acids is 2. The fourth-order valence-corrected chi connectivity index (χ4v) is 3.38. The van der Waals surface area contributed by atoms with Crippen LogP contribution in [0, 0.1) is 5.92 Å². The number of nitrogens with zero attached hydrogens (tertiary/aromatic N) is 3. The number of furan rings is 1. The summed E-state index contributed by atoms with van der Waals surface area (Å²) in [6.45, 7) is 3.65. The smallest absolute Gasteiger partial charge is 0.325 e. The van der Waals surface area contributed by atoms with Gasteiger partial charge >= 0.3 is 5.97 Å². The first kappa shape index (κ1) is 18.8. The SMILES string of the molecule is CC(C)Cc1nn2c(=O)cc(COC(=O)CNC(=O)c3ccco3)nc2s1. The predicted octanol–water partition coefficient (Wildman–Crippen LogP) is 1.42. The lowest BCUT2D eigenvalue weighted by molar-refractivity contribution is -0.143. The number of ether oxygens (including phenoxy) is 1. The molecule has 0 aliphatic rings. The highest BCUT2D eigenvalue weighted by Crippen LogP contribution is 2.15. The van der Waals surface area contributed by atoms with Crippen molar-refractivity contribution in [2.24, 2.45) is 5.92 Å². The van der Waals surface area contributed by atoms with Crippen LogP contribution in [0.2, 0.25) is 0 Å². The van der Waals surface area contributed by atoms with Gasteiger partial charge in [-0.15, -0.1) is 0 Å². The molecule has 3 aromatic rings. The Labute approximate surface area is 158 Å². The van der Waals surface area contributed by atoms with Gasteiger partial charge in [0.25, 0.3) is 11.5 Å². The van der Waals surface area contributed by atoms with E-state index in [0.29, 0.717) is 16.6 Å². The summed E-state index contributed by atoms with van der Waals surface area (Å²) in [5.41, 5.74) is -0.00566. The van der Waals surface area contributed by atoms with Crippen molar-refractivity contribution < 1.29 is 18.7 Å². The molecule has 0 bridgehead atoms.